The first-order valence-corrected chi connectivity index (χ1v) is 10.4. The summed E-state index contributed by atoms with van der Waals surface area (Å²) in [7, 11) is 1.57. The number of nitrogens with zero attached hydrogens (tertiary/aromatic N) is 6. The number of fused-ring (bicyclic) bond motifs is 1. The van der Waals surface area contributed by atoms with Crippen LogP contribution in [0.2, 0.25) is 5.02 Å². The summed E-state index contributed by atoms with van der Waals surface area (Å²) >= 11 is 5.94. The van der Waals surface area contributed by atoms with Crippen LogP contribution >= 0.6 is 11.6 Å². The number of hydrogen-bond acceptors (Lipinski definition) is 6. The normalized spacial score (nSPS) is 14.2. The van der Waals surface area contributed by atoms with Crippen LogP contribution in [0.1, 0.15) is 0 Å². The number of aromatic nitrogens is 4. The van der Waals surface area contributed by atoms with Gasteiger partial charge in [-0.25, -0.2) is 23.4 Å². The van der Waals surface area contributed by atoms with Crippen LogP contribution in [0.4, 0.5) is 20.3 Å². The molecule has 5 rings (SSSR count). The summed E-state index contributed by atoms with van der Waals surface area (Å²) in [5.41, 5.74) is 1.44. The van der Waals surface area contributed by atoms with E-state index in [1.807, 2.05) is 0 Å². The smallest absolute Gasteiger partial charge is 0.168 e. The maximum absolute atomic E-state index is 14.6. The Kier molecular flexibility index (Phi) is 5.26. The Morgan fingerprint density at radius 1 is 0.969 bits per heavy atom. The van der Waals surface area contributed by atoms with Crippen molar-refractivity contribution in [1.29, 1.82) is 0 Å². The lowest BCUT2D eigenvalue weighted by Crippen LogP contribution is -2.47. The van der Waals surface area contributed by atoms with Crippen molar-refractivity contribution in [2.24, 2.45) is 0 Å². The fourth-order valence-corrected chi connectivity index (χ4v) is 4.15. The minimum atomic E-state index is -0.558. The van der Waals surface area contributed by atoms with Crippen LogP contribution < -0.4 is 14.5 Å². The van der Waals surface area contributed by atoms with E-state index in [9.17, 15) is 8.78 Å². The van der Waals surface area contributed by atoms with Gasteiger partial charge in [0.05, 0.1) is 29.4 Å². The summed E-state index contributed by atoms with van der Waals surface area (Å²) in [4.78, 5) is 13.0. The van der Waals surface area contributed by atoms with E-state index in [2.05, 4.69) is 24.9 Å². The molecule has 4 aromatic rings. The number of halogens is 3. The SMILES string of the molecule is COc1ccc(F)cc1N1CCN(c2ncnc3c2cnn3-c2cccc(Cl)c2F)CC1. The molecule has 0 atom stereocenters. The van der Waals surface area contributed by atoms with Gasteiger partial charge in [0, 0.05) is 32.2 Å². The molecule has 2 aromatic carbocycles. The second-order valence-corrected chi connectivity index (χ2v) is 7.76. The maximum Gasteiger partial charge on any atom is 0.168 e. The van der Waals surface area contributed by atoms with Crippen molar-refractivity contribution < 1.29 is 13.5 Å². The topological polar surface area (TPSA) is 59.3 Å². The molecule has 1 fully saturated rings. The second-order valence-electron chi connectivity index (χ2n) is 7.35. The highest BCUT2D eigenvalue weighted by Crippen LogP contribution is 2.32. The third-order valence-corrected chi connectivity index (χ3v) is 5.86. The molecule has 0 aliphatic carbocycles. The van der Waals surface area contributed by atoms with Gasteiger partial charge in [0.15, 0.2) is 11.5 Å². The minimum Gasteiger partial charge on any atom is -0.495 e. The van der Waals surface area contributed by atoms with Gasteiger partial charge in [0.25, 0.3) is 0 Å². The van der Waals surface area contributed by atoms with E-state index in [1.54, 1.807) is 31.5 Å². The van der Waals surface area contributed by atoms with Crippen LogP contribution in [-0.4, -0.2) is 53.0 Å². The van der Waals surface area contributed by atoms with Crippen molar-refractivity contribution in [3.8, 4) is 11.4 Å². The molecule has 0 unspecified atom stereocenters. The van der Waals surface area contributed by atoms with Gasteiger partial charge in [-0.3, -0.25) is 0 Å². The largest absolute Gasteiger partial charge is 0.495 e. The lowest BCUT2D eigenvalue weighted by molar-refractivity contribution is 0.412. The van der Waals surface area contributed by atoms with E-state index in [0.29, 0.717) is 43.0 Å². The molecular formula is C22H19ClF2N6O. The van der Waals surface area contributed by atoms with Gasteiger partial charge in [0.2, 0.25) is 0 Å². The van der Waals surface area contributed by atoms with E-state index in [-0.39, 0.29) is 16.5 Å². The molecule has 1 aliphatic rings. The molecule has 1 saturated heterocycles. The summed E-state index contributed by atoms with van der Waals surface area (Å²) in [5, 5.41) is 5.07. The lowest BCUT2D eigenvalue weighted by atomic mass is 10.2. The van der Waals surface area contributed by atoms with Crippen LogP contribution in [0.15, 0.2) is 48.9 Å². The molecule has 32 heavy (non-hydrogen) atoms. The molecule has 0 saturated carbocycles. The zero-order valence-electron chi connectivity index (χ0n) is 17.2. The van der Waals surface area contributed by atoms with Crippen molar-refractivity contribution in [2.45, 2.75) is 0 Å². The lowest BCUT2D eigenvalue weighted by Gasteiger charge is -2.37. The fraction of sp³-hybridized carbons (Fsp3) is 0.227. The Morgan fingerprint density at radius 3 is 2.53 bits per heavy atom. The molecule has 2 aromatic heterocycles. The van der Waals surface area contributed by atoms with Gasteiger partial charge in [-0.2, -0.15) is 5.10 Å². The third-order valence-electron chi connectivity index (χ3n) is 5.56. The predicted octanol–water partition coefficient (Wildman–Crippen LogP) is 4.08. The molecule has 3 heterocycles. The first-order chi connectivity index (χ1) is 15.6. The molecule has 0 N–H and O–H groups in total. The predicted molar refractivity (Wildman–Crippen MR) is 119 cm³/mol. The molecule has 10 heteroatoms. The maximum atomic E-state index is 14.6. The first kappa shape index (κ1) is 20.4. The number of ether oxygens (including phenoxy) is 1. The minimum absolute atomic E-state index is 0.0179. The average molecular weight is 457 g/mol. The number of hydrogen-bond donors (Lipinski definition) is 0. The van der Waals surface area contributed by atoms with Gasteiger partial charge in [-0.05, 0) is 24.3 Å². The molecule has 7 nitrogen and oxygen atoms in total. The third kappa shape index (κ3) is 3.48. The number of piperazine rings is 1. The Hall–Kier alpha value is -3.46. The summed E-state index contributed by atoms with van der Waals surface area (Å²) in [6.07, 6.45) is 3.08. The Bertz CT molecular complexity index is 1290. The second kappa shape index (κ2) is 8.23. The zero-order valence-corrected chi connectivity index (χ0v) is 17.9. The highest BCUT2D eigenvalue weighted by atomic mass is 35.5. The monoisotopic (exact) mass is 456 g/mol. The first-order valence-electron chi connectivity index (χ1n) is 10.0. The van der Waals surface area contributed by atoms with E-state index in [1.165, 1.54) is 29.2 Å². The standard InChI is InChI=1S/C22H19ClF2N6O/c1-32-19-6-5-14(24)11-18(19)29-7-9-30(10-8-29)21-15-12-28-31(22(15)27-13-26-21)17-4-2-3-16(23)20(17)25/h2-6,11-13H,7-10H2,1H3. The summed E-state index contributed by atoms with van der Waals surface area (Å²) < 4.78 is 35.2. The number of methoxy groups -OCH3 is 1. The number of rotatable bonds is 4. The highest BCUT2D eigenvalue weighted by molar-refractivity contribution is 6.30. The van der Waals surface area contributed by atoms with Gasteiger partial charge >= 0.3 is 0 Å². The van der Waals surface area contributed by atoms with Gasteiger partial charge < -0.3 is 14.5 Å². The number of anilines is 2. The van der Waals surface area contributed by atoms with E-state index >= 15 is 0 Å². The van der Waals surface area contributed by atoms with Gasteiger partial charge in [-0.15, -0.1) is 0 Å². The average Bonchev–Trinajstić information content (AvgIpc) is 3.25. The van der Waals surface area contributed by atoms with E-state index in [4.69, 9.17) is 16.3 Å². The van der Waals surface area contributed by atoms with E-state index in [0.717, 1.165) is 11.5 Å². The molecule has 0 amide bonds. The summed E-state index contributed by atoms with van der Waals surface area (Å²) in [5.74, 6) is 0.488. The molecule has 0 radical (unpaired) electrons. The summed E-state index contributed by atoms with van der Waals surface area (Å²) in [6, 6.07) is 9.25. The Labute approximate surface area is 187 Å². The van der Waals surface area contributed by atoms with Gasteiger partial charge in [0.1, 0.15) is 29.4 Å². The molecule has 0 spiro atoms. The Morgan fingerprint density at radius 2 is 1.75 bits per heavy atom. The van der Waals surface area contributed by atoms with Crippen molar-refractivity contribution in [3.05, 3.63) is 65.6 Å². The summed E-state index contributed by atoms with van der Waals surface area (Å²) in [6.45, 7) is 2.62. The van der Waals surface area contributed by atoms with Crippen molar-refractivity contribution in [1.82, 2.24) is 19.7 Å². The van der Waals surface area contributed by atoms with Gasteiger partial charge in [-0.1, -0.05) is 17.7 Å². The van der Waals surface area contributed by atoms with Crippen molar-refractivity contribution >= 4 is 34.1 Å². The zero-order chi connectivity index (χ0) is 22.2. The van der Waals surface area contributed by atoms with Crippen molar-refractivity contribution in [3.63, 3.8) is 0 Å². The molecule has 0 bridgehead atoms. The van der Waals surface area contributed by atoms with Crippen LogP contribution in [0.25, 0.3) is 16.7 Å². The van der Waals surface area contributed by atoms with Crippen LogP contribution in [-0.2, 0) is 0 Å². The van der Waals surface area contributed by atoms with E-state index < -0.39 is 5.82 Å². The quantitative estimate of drug-likeness (QED) is 0.461. The highest BCUT2D eigenvalue weighted by Gasteiger charge is 2.24. The Balaban J connectivity index is 1.43. The molecule has 164 valence electrons. The van der Waals surface area contributed by atoms with Crippen LogP contribution in [0, 0.1) is 11.6 Å². The fourth-order valence-electron chi connectivity index (χ4n) is 3.99. The van der Waals surface area contributed by atoms with Crippen LogP contribution in [0.3, 0.4) is 0 Å². The van der Waals surface area contributed by atoms with Crippen molar-refractivity contribution in [2.75, 3.05) is 43.1 Å². The van der Waals surface area contributed by atoms with Crippen LogP contribution in [0.5, 0.6) is 5.75 Å². The molecular weight excluding hydrogens is 438 g/mol. The molecule has 1 aliphatic heterocycles. The number of benzene rings is 2.